The molecule has 0 aromatic heterocycles. The van der Waals surface area contributed by atoms with Crippen molar-refractivity contribution in [2.24, 2.45) is 5.73 Å². The molecule has 0 spiro atoms. The van der Waals surface area contributed by atoms with E-state index in [1.54, 1.807) is 0 Å². The summed E-state index contributed by atoms with van der Waals surface area (Å²) in [6.07, 6.45) is -0.00790. The van der Waals surface area contributed by atoms with Gasteiger partial charge in [-0.1, -0.05) is 12.1 Å². The largest absolute Gasteiger partial charge is 0.480 e. The smallest absolute Gasteiger partial charge is 0.323 e. The molecule has 1 saturated heterocycles. The number of hydrogen-bond acceptors (Lipinski definition) is 4. The molecule has 0 unspecified atom stereocenters. The first kappa shape index (κ1) is 14.9. The van der Waals surface area contributed by atoms with Crippen molar-refractivity contribution in [3.63, 3.8) is 0 Å². The average molecular weight is 302 g/mol. The lowest BCUT2D eigenvalue weighted by Gasteiger charge is -2.35. The molecule has 1 aliphatic rings. The van der Waals surface area contributed by atoms with Crippen LogP contribution in [-0.2, 0) is 14.8 Å². The van der Waals surface area contributed by atoms with Crippen LogP contribution in [0.4, 0.5) is 4.39 Å². The number of rotatable bonds is 3. The van der Waals surface area contributed by atoms with Crippen LogP contribution in [0.1, 0.15) is 12.8 Å². The van der Waals surface area contributed by atoms with Gasteiger partial charge in [0, 0.05) is 13.1 Å². The Labute approximate surface area is 116 Å². The molecule has 1 aliphatic heterocycles. The van der Waals surface area contributed by atoms with Gasteiger partial charge in [0.15, 0.2) is 0 Å². The van der Waals surface area contributed by atoms with E-state index in [1.807, 2.05) is 0 Å². The topological polar surface area (TPSA) is 101 Å². The lowest BCUT2D eigenvalue weighted by Crippen LogP contribution is -2.56. The van der Waals surface area contributed by atoms with Crippen LogP contribution < -0.4 is 5.73 Å². The molecule has 20 heavy (non-hydrogen) atoms. The summed E-state index contributed by atoms with van der Waals surface area (Å²) in [5.41, 5.74) is 4.27. The van der Waals surface area contributed by atoms with Gasteiger partial charge in [-0.3, -0.25) is 4.79 Å². The minimum absolute atomic E-state index is 0.00395. The van der Waals surface area contributed by atoms with Crippen LogP contribution in [0, 0.1) is 5.82 Å². The van der Waals surface area contributed by atoms with Gasteiger partial charge in [0.05, 0.1) is 0 Å². The van der Waals surface area contributed by atoms with Gasteiger partial charge in [-0.2, -0.15) is 4.31 Å². The first-order chi connectivity index (χ1) is 9.27. The molecule has 1 aromatic carbocycles. The van der Waals surface area contributed by atoms with Gasteiger partial charge in [0.25, 0.3) is 0 Å². The highest BCUT2D eigenvalue weighted by molar-refractivity contribution is 7.89. The quantitative estimate of drug-likeness (QED) is 0.841. The highest BCUT2D eigenvalue weighted by atomic mass is 32.2. The van der Waals surface area contributed by atoms with Crippen molar-refractivity contribution in [2.45, 2.75) is 23.3 Å². The summed E-state index contributed by atoms with van der Waals surface area (Å²) >= 11 is 0. The SMILES string of the molecule is NC1(C(=O)O)CCN(S(=O)(=O)c2ccccc2F)CC1. The number of benzene rings is 1. The van der Waals surface area contributed by atoms with Crippen molar-refractivity contribution in [1.82, 2.24) is 4.31 Å². The predicted octanol–water partition coefficient (Wildman–Crippen LogP) is 0.392. The zero-order valence-electron chi connectivity index (χ0n) is 10.6. The summed E-state index contributed by atoms with van der Waals surface area (Å²) in [6, 6.07) is 5.09. The Morgan fingerprint density at radius 2 is 1.85 bits per heavy atom. The fourth-order valence-electron chi connectivity index (χ4n) is 2.13. The number of carbonyl (C=O) groups is 1. The van der Waals surface area contributed by atoms with E-state index in [0.717, 1.165) is 10.4 Å². The molecule has 3 N–H and O–H groups in total. The second kappa shape index (κ2) is 5.12. The van der Waals surface area contributed by atoms with E-state index < -0.39 is 32.2 Å². The fraction of sp³-hybridized carbons (Fsp3) is 0.417. The number of halogens is 1. The first-order valence-corrected chi connectivity index (χ1v) is 7.48. The molecule has 2 rings (SSSR count). The third kappa shape index (κ3) is 2.54. The number of carboxylic acid groups (broad SMARTS) is 1. The molecule has 1 aromatic rings. The molecule has 8 heteroatoms. The minimum Gasteiger partial charge on any atom is -0.480 e. The van der Waals surface area contributed by atoms with Crippen LogP contribution in [-0.4, -0.2) is 42.4 Å². The van der Waals surface area contributed by atoms with E-state index in [0.29, 0.717) is 0 Å². The molecule has 110 valence electrons. The molecule has 1 fully saturated rings. The number of carboxylic acids is 1. The Balaban J connectivity index is 2.22. The number of piperidine rings is 1. The van der Waals surface area contributed by atoms with Crippen LogP contribution in [0.2, 0.25) is 0 Å². The third-order valence-corrected chi connectivity index (χ3v) is 5.43. The highest BCUT2D eigenvalue weighted by Crippen LogP contribution is 2.26. The minimum atomic E-state index is -3.96. The molecule has 1 heterocycles. The molecular formula is C12H15FN2O4S. The summed E-state index contributed by atoms with van der Waals surface area (Å²) < 4.78 is 39.2. The Morgan fingerprint density at radius 1 is 1.30 bits per heavy atom. The summed E-state index contributed by atoms with van der Waals surface area (Å²) in [6.45, 7) is -0.0844. The average Bonchev–Trinajstić information content (AvgIpc) is 2.39. The van der Waals surface area contributed by atoms with Crippen molar-refractivity contribution >= 4 is 16.0 Å². The van der Waals surface area contributed by atoms with Gasteiger partial charge >= 0.3 is 5.97 Å². The second-order valence-corrected chi connectivity index (χ2v) is 6.70. The van der Waals surface area contributed by atoms with Gasteiger partial charge in [-0.15, -0.1) is 0 Å². The van der Waals surface area contributed by atoms with Crippen LogP contribution in [0.3, 0.4) is 0 Å². The van der Waals surface area contributed by atoms with Crippen LogP contribution in [0.15, 0.2) is 29.2 Å². The summed E-state index contributed by atoms with van der Waals surface area (Å²) in [7, 11) is -3.96. The maximum atomic E-state index is 13.6. The summed E-state index contributed by atoms with van der Waals surface area (Å²) in [5.74, 6) is -1.98. The standard InChI is InChI=1S/C12H15FN2O4S/c13-9-3-1-2-4-10(9)20(18,19)15-7-5-12(14,6-8-15)11(16)17/h1-4H,5-8,14H2,(H,16,17). The van der Waals surface area contributed by atoms with E-state index in [9.17, 15) is 17.6 Å². The Kier molecular flexibility index (Phi) is 3.81. The van der Waals surface area contributed by atoms with Crippen molar-refractivity contribution in [3.05, 3.63) is 30.1 Å². The van der Waals surface area contributed by atoms with Crippen LogP contribution in [0.5, 0.6) is 0 Å². The third-order valence-electron chi connectivity index (χ3n) is 3.50. The van der Waals surface area contributed by atoms with Crippen molar-refractivity contribution in [3.8, 4) is 0 Å². The maximum absolute atomic E-state index is 13.6. The van der Waals surface area contributed by atoms with Crippen LogP contribution >= 0.6 is 0 Å². The number of aliphatic carboxylic acids is 1. The fourth-order valence-corrected chi connectivity index (χ4v) is 3.64. The zero-order valence-corrected chi connectivity index (χ0v) is 11.4. The Morgan fingerprint density at radius 3 is 2.35 bits per heavy atom. The highest BCUT2D eigenvalue weighted by Gasteiger charge is 2.41. The maximum Gasteiger partial charge on any atom is 0.323 e. The Hall–Kier alpha value is -1.51. The number of sulfonamides is 1. The van der Waals surface area contributed by atoms with Gasteiger partial charge in [0.1, 0.15) is 16.3 Å². The molecular weight excluding hydrogens is 287 g/mol. The predicted molar refractivity (Wildman–Crippen MR) is 68.9 cm³/mol. The normalized spacial score (nSPS) is 19.7. The second-order valence-electron chi connectivity index (χ2n) is 4.80. The molecule has 0 amide bonds. The summed E-state index contributed by atoms with van der Waals surface area (Å²) in [5, 5.41) is 8.99. The van der Waals surface area contributed by atoms with Gasteiger partial charge in [0.2, 0.25) is 10.0 Å². The van der Waals surface area contributed by atoms with Gasteiger partial charge in [-0.05, 0) is 25.0 Å². The lowest BCUT2D eigenvalue weighted by atomic mass is 9.90. The van der Waals surface area contributed by atoms with E-state index in [4.69, 9.17) is 10.8 Å². The van der Waals surface area contributed by atoms with Gasteiger partial charge in [-0.25, -0.2) is 12.8 Å². The molecule has 6 nitrogen and oxygen atoms in total. The van der Waals surface area contributed by atoms with Crippen molar-refractivity contribution in [2.75, 3.05) is 13.1 Å². The van der Waals surface area contributed by atoms with Crippen molar-refractivity contribution in [1.29, 1.82) is 0 Å². The Bertz CT molecular complexity index is 624. The molecule has 0 radical (unpaired) electrons. The molecule has 0 aliphatic carbocycles. The van der Waals surface area contributed by atoms with E-state index in [-0.39, 0.29) is 25.9 Å². The molecule has 0 atom stereocenters. The number of hydrogen-bond donors (Lipinski definition) is 2. The van der Waals surface area contributed by atoms with E-state index >= 15 is 0 Å². The lowest BCUT2D eigenvalue weighted by molar-refractivity contribution is -0.144. The van der Waals surface area contributed by atoms with Gasteiger partial charge < -0.3 is 10.8 Å². The first-order valence-electron chi connectivity index (χ1n) is 6.04. The molecule has 0 saturated carbocycles. The van der Waals surface area contributed by atoms with E-state index in [1.165, 1.54) is 18.2 Å². The number of nitrogens with two attached hydrogens (primary N) is 1. The van der Waals surface area contributed by atoms with E-state index in [2.05, 4.69) is 0 Å². The van der Waals surface area contributed by atoms with Crippen molar-refractivity contribution < 1.29 is 22.7 Å². The summed E-state index contributed by atoms with van der Waals surface area (Å²) in [4.78, 5) is 10.6. The monoisotopic (exact) mass is 302 g/mol. The number of nitrogens with zero attached hydrogens (tertiary/aromatic N) is 1. The van der Waals surface area contributed by atoms with Crippen LogP contribution in [0.25, 0.3) is 0 Å². The molecule has 0 bridgehead atoms. The zero-order chi connectivity index (χ0) is 15.0.